The van der Waals surface area contributed by atoms with Crippen LogP contribution in [0.2, 0.25) is 0 Å². The predicted octanol–water partition coefficient (Wildman–Crippen LogP) is 2.30. The quantitative estimate of drug-likeness (QED) is 0.392. The van der Waals surface area contributed by atoms with Gasteiger partial charge in [-0.3, -0.25) is 25.0 Å². The summed E-state index contributed by atoms with van der Waals surface area (Å²) in [4.78, 5) is 40.2. The van der Waals surface area contributed by atoms with E-state index in [0.29, 0.717) is 5.56 Å². The van der Waals surface area contributed by atoms with E-state index >= 15 is 0 Å². The Bertz CT molecular complexity index is 1360. The fourth-order valence-electron chi connectivity index (χ4n) is 2.84. The van der Waals surface area contributed by atoms with Crippen LogP contribution in [0.5, 0.6) is 5.75 Å². The van der Waals surface area contributed by atoms with Gasteiger partial charge in [0, 0.05) is 11.6 Å². The summed E-state index contributed by atoms with van der Waals surface area (Å²) in [6.45, 7) is 0. The molecule has 4 rings (SSSR count). The number of nitrogens with one attached hydrogen (secondary N) is 1. The molecule has 0 bridgehead atoms. The number of rotatable bonds is 4. The minimum Gasteiger partial charge on any atom is -0.508 e. The van der Waals surface area contributed by atoms with Gasteiger partial charge in [0.2, 0.25) is 0 Å². The van der Waals surface area contributed by atoms with Gasteiger partial charge in [-0.25, -0.2) is 9.67 Å². The molecule has 29 heavy (non-hydrogen) atoms. The van der Waals surface area contributed by atoms with Crippen molar-refractivity contribution in [2.24, 2.45) is 0 Å². The van der Waals surface area contributed by atoms with Crippen LogP contribution in [0.4, 0.5) is 11.4 Å². The largest absolute Gasteiger partial charge is 0.508 e. The van der Waals surface area contributed by atoms with Gasteiger partial charge < -0.3 is 10.1 Å². The van der Waals surface area contributed by atoms with E-state index in [1.165, 1.54) is 24.4 Å². The first-order valence-corrected chi connectivity index (χ1v) is 8.06. The molecule has 0 saturated carbocycles. The fourth-order valence-corrected chi connectivity index (χ4v) is 2.84. The third kappa shape index (κ3) is 3.03. The van der Waals surface area contributed by atoms with Crippen LogP contribution in [0.15, 0.2) is 53.5 Å². The number of nitro benzene ring substituents is 2. The van der Waals surface area contributed by atoms with Crippen molar-refractivity contribution in [3.8, 4) is 22.8 Å². The summed E-state index contributed by atoms with van der Waals surface area (Å²) >= 11 is 0. The molecule has 0 aliphatic rings. The van der Waals surface area contributed by atoms with Crippen molar-refractivity contribution in [3.05, 3.63) is 79.2 Å². The lowest BCUT2D eigenvalue weighted by atomic mass is 10.2. The highest BCUT2D eigenvalue weighted by Crippen LogP contribution is 2.29. The monoisotopic (exact) mass is 394 g/mol. The number of nitrogens with zero attached hydrogens (tertiary/aromatic N) is 5. The zero-order valence-corrected chi connectivity index (χ0v) is 14.3. The summed E-state index contributed by atoms with van der Waals surface area (Å²) in [6, 6.07) is 9.08. The molecule has 0 spiro atoms. The predicted molar refractivity (Wildman–Crippen MR) is 99.9 cm³/mol. The van der Waals surface area contributed by atoms with Crippen LogP contribution in [0.1, 0.15) is 0 Å². The number of hydrogen-bond acceptors (Lipinski definition) is 8. The number of benzene rings is 2. The van der Waals surface area contributed by atoms with Gasteiger partial charge in [0.15, 0.2) is 5.65 Å². The van der Waals surface area contributed by atoms with E-state index < -0.39 is 26.8 Å². The lowest BCUT2D eigenvalue weighted by Gasteiger charge is -2.06. The Labute approximate surface area is 160 Å². The van der Waals surface area contributed by atoms with Gasteiger partial charge in [-0.05, 0) is 18.2 Å². The van der Waals surface area contributed by atoms with Gasteiger partial charge in [-0.1, -0.05) is 12.1 Å². The van der Waals surface area contributed by atoms with Crippen molar-refractivity contribution >= 4 is 22.4 Å². The number of phenolic OH excluding ortho intramolecular Hbond substituents is 1. The number of hydrogen-bond donors (Lipinski definition) is 2. The maximum Gasteiger partial charge on any atom is 0.301 e. The summed E-state index contributed by atoms with van der Waals surface area (Å²) < 4.78 is 1.07. The molecular weight excluding hydrogens is 384 g/mol. The number of fused-ring (bicyclic) bond motifs is 1. The summed E-state index contributed by atoms with van der Waals surface area (Å²) in [6.07, 6.45) is 1.19. The highest BCUT2D eigenvalue weighted by Gasteiger charge is 2.23. The van der Waals surface area contributed by atoms with Crippen LogP contribution in [0, 0.1) is 20.2 Å². The molecule has 2 aromatic heterocycles. The number of non-ortho nitro benzene ring substituents is 1. The Morgan fingerprint density at radius 2 is 1.86 bits per heavy atom. The number of nitro groups is 2. The Hall–Kier alpha value is -4.61. The van der Waals surface area contributed by atoms with Crippen LogP contribution < -0.4 is 5.56 Å². The molecule has 0 aliphatic heterocycles. The van der Waals surface area contributed by atoms with Gasteiger partial charge in [-0.2, -0.15) is 5.10 Å². The molecule has 0 atom stereocenters. The van der Waals surface area contributed by atoms with Gasteiger partial charge in [0.25, 0.3) is 11.2 Å². The second-order valence-electron chi connectivity index (χ2n) is 5.95. The molecule has 0 saturated heterocycles. The SMILES string of the molecule is O=c1[nH]c(-c2cccc(O)c2)nc2c1cnn2-c1ccc([N+](=O)[O-])cc1[N+](=O)[O-]. The lowest BCUT2D eigenvalue weighted by molar-refractivity contribution is -0.394. The third-order valence-corrected chi connectivity index (χ3v) is 4.15. The van der Waals surface area contributed by atoms with Gasteiger partial charge in [0.1, 0.15) is 22.6 Å². The maximum atomic E-state index is 12.4. The summed E-state index contributed by atoms with van der Waals surface area (Å²) in [5.74, 6) is 0.0782. The van der Waals surface area contributed by atoms with Crippen molar-refractivity contribution in [3.63, 3.8) is 0 Å². The first-order chi connectivity index (χ1) is 13.8. The summed E-state index contributed by atoms with van der Waals surface area (Å²) in [7, 11) is 0. The second-order valence-corrected chi connectivity index (χ2v) is 5.95. The number of aromatic amines is 1. The molecule has 2 N–H and O–H groups in total. The van der Waals surface area contributed by atoms with Crippen molar-refractivity contribution in [2.45, 2.75) is 0 Å². The molecule has 2 aromatic carbocycles. The molecule has 0 amide bonds. The number of aromatic nitrogens is 4. The number of aromatic hydroxyl groups is 1. The molecule has 0 aliphatic carbocycles. The van der Waals surface area contributed by atoms with Gasteiger partial charge in [0.05, 0.1) is 22.1 Å². The van der Waals surface area contributed by atoms with Crippen LogP contribution in [0.3, 0.4) is 0 Å². The first kappa shape index (κ1) is 17.8. The molecular formula is C17H10N6O6. The molecule has 2 heterocycles. The van der Waals surface area contributed by atoms with E-state index in [1.807, 2.05) is 0 Å². The summed E-state index contributed by atoms with van der Waals surface area (Å²) in [5, 5.41) is 36.1. The zero-order chi connectivity index (χ0) is 20.7. The first-order valence-electron chi connectivity index (χ1n) is 8.06. The fraction of sp³-hybridized carbons (Fsp3) is 0. The lowest BCUT2D eigenvalue weighted by Crippen LogP contribution is -2.10. The van der Waals surface area contributed by atoms with E-state index in [2.05, 4.69) is 15.1 Å². The van der Waals surface area contributed by atoms with Crippen molar-refractivity contribution in [1.29, 1.82) is 0 Å². The van der Waals surface area contributed by atoms with E-state index in [1.54, 1.807) is 12.1 Å². The molecule has 0 unspecified atom stereocenters. The van der Waals surface area contributed by atoms with Crippen LogP contribution in [-0.2, 0) is 0 Å². The average molecular weight is 394 g/mol. The van der Waals surface area contributed by atoms with E-state index in [-0.39, 0.29) is 28.3 Å². The highest BCUT2D eigenvalue weighted by molar-refractivity contribution is 5.78. The number of phenols is 1. The molecule has 0 radical (unpaired) electrons. The zero-order valence-electron chi connectivity index (χ0n) is 14.3. The van der Waals surface area contributed by atoms with E-state index in [0.717, 1.165) is 16.8 Å². The maximum absolute atomic E-state index is 12.4. The molecule has 0 fully saturated rings. The topological polar surface area (TPSA) is 170 Å². The number of H-pyrrole nitrogens is 1. The smallest absolute Gasteiger partial charge is 0.301 e. The minimum absolute atomic E-state index is 0.0176. The van der Waals surface area contributed by atoms with Crippen molar-refractivity contribution < 1.29 is 15.0 Å². The van der Waals surface area contributed by atoms with Crippen LogP contribution in [-0.4, -0.2) is 34.7 Å². The second kappa shape index (κ2) is 6.53. The van der Waals surface area contributed by atoms with E-state index in [9.17, 15) is 30.1 Å². The van der Waals surface area contributed by atoms with Crippen molar-refractivity contribution in [1.82, 2.24) is 19.7 Å². The van der Waals surface area contributed by atoms with Crippen LogP contribution in [0.25, 0.3) is 28.1 Å². The Morgan fingerprint density at radius 3 is 2.55 bits per heavy atom. The summed E-state index contributed by atoms with van der Waals surface area (Å²) in [5.41, 5.74) is -1.22. The molecule has 144 valence electrons. The normalized spacial score (nSPS) is 10.9. The average Bonchev–Trinajstić information content (AvgIpc) is 3.11. The Balaban J connectivity index is 1.97. The highest BCUT2D eigenvalue weighted by atomic mass is 16.6. The Morgan fingerprint density at radius 1 is 1.07 bits per heavy atom. The molecule has 4 aromatic rings. The Kier molecular flexibility index (Phi) is 4.00. The van der Waals surface area contributed by atoms with Gasteiger partial charge >= 0.3 is 5.69 Å². The standard InChI is InChI=1S/C17H10N6O6/c24-11-3-1-2-9(6-11)15-19-16-12(17(25)20-15)8-18-21(16)13-5-4-10(22(26)27)7-14(13)23(28)29/h1-8,24H,(H,19,20,25). The van der Waals surface area contributed by atoms with E-state index in [4.69, 9.17) is 0 Å². The molecule has 12 nitrogen and oxygen atoms in total. The third-order valence-electron chi connectivity index (χ3n) is 4.15. The molecule has 12 heteroatoms. The van der Waals surface area contributed by atoms with Crippen molar-refractivity contribution in [2.75, 3.05) is 0 Å². The minimum atomic E-state index is -0.779. The van der Waals surface area contributed by atoms with Gasteiger partial charge in [-0.15, -0.1) is 0 Å². The van der Waals surface area contributed by atoms with Crippen LogP contribution >= 0.6 is 0 Å².